The number of rotatable bonds is 5. The minimum absolute atomic E-state index is 0.100. The summed E-state index contributed by atoms with van der Waals surface area (Å²) < 4.78 is 1.37. The Kier molecular flexibility index (Phi) is 3.98. The molecule has 0 saturated carbocycles. The van der Waals surface area contributed by atoms with E-state index < -0.39 is 0 Å². The highest BCUT2D eigenvalue weighted by atomic mass is 16.2. The first kappa shape index (κ1) is 12.2. The molecule has 0 aliphatic carbocycles. The van der Waals surface area contributed by atoms with Gasteiger partial charge in [0.1, 0.15) is 12.9 Å². The maximum atomic E-state index is 11.7. The molecule has 0 aliphatic rings. The van der Waals surface area contributed by atoms with Crippen LogP contribution in [0.5, 0.6) is 0 Å². The average Bonchev–Trinajstić information content (AvgIpc) is 2.82. The van der Waals surface area contributed by atoms with Crippen LogP contribution in [-0.4, -0.2) is 33.2 Å². The average molecular weight is 246 g/mol. The first-order valence-corrected chi connectivity index (χ1v) is 5.52. The summed E-state index contributed by atoms with van der Waals surface area (Å²) in [6.45, 7) is 0.861. The van der Waals surface area contributed by atoms with E-state index in [1.54, 1.807) is 0 Å². The van der Waals surface area contributed by atoms with Gasteiger partial charge >= 0.3 is 0 Å². The molecular formula is C11H14N6O. The van der Waals surface area contributed by atoms with Gasteiger partial charge in [-0.25, -0.2) is 4.68 Å². The number of hydrogen-bond acceptors (Lipinski definition) is 5. The number of tetrazole rings is 1. The van der Waals surface area contributed by atoms with Crippen LogP contribution in [0.1, 0.15) is 5.56 Å². The summed E-state index contributed by atoms with van der Waals surface area (Å²) in [4.78, 5) is 11.7. The van der Waals surface area contributed by atoms with Crippen LogP contribution in [0, 0.1) is 0 Å². The summed E-state index contributed by atoms with van der Waals surface area (Å²) in [6, 6.07) is 7.66. The van der Waals surface area contributed by atoms with E-state index in [9.17, 15) is 4.79 Å². The molecule has 0 unspecified atom stereocenters. The lowest BCUT2D eigenvalue weighted by Gasteiger charge is -2.07. The van der Waals surface area contributed by atoms with Gasteiger partial charge in [-0.2, -0.15) is 0 Å². The van der Waals surface area contributed by atoms with E-state index >= 15 is 0 Å². The SMILES string of the molecule is CNCc1cccc(NC(=O)Cn2cnnn2)c1. The zero-order valence-corrected chi connectivity index (χ0v) is 10.00. The van der Waals surface area contributed by atoms with Gasteiger partial charge in [-0.05, 0) is 35.2 Å². The molecule has 2 rings (SSSR count). The van der Waals surface area contributed by atoms with Crippen LogP contribution in [0.25, 0.3) is 0 Å². The molecule has 0 aliphatic heterocycles. The molecule has 1 aromatic heterocycles. The molecule has 0 fully saturated rings. The zero-order chi connectivity index (χ0) is 12.8. The fraction of sp³-hybridized carbons (Fsp3) is 0.273. The van der Waals surface area contributed by atoms with Crippen molar-refractivity contribution in [2.45, 2.75) is 13.1 Å². The molecular weight excluding hydrogens is 232 g/mol. The van der Waals surface area contributed by atoms with E-state index in [1.165, 1.54) is 11.0 Å². The second-order valence-corrected chi connectivity index (χ2v) is 3.79. The summed E-state index contributed by atoms with van der Waals surface area (Å²) in [6.07, 6.45) is 1.40. The predicted octanol–water partition coefficient (Wildman–Crippen LogP) is 0.0312. The molecule has 7 nitrogen and oxygen atoms in total. The third-order valence-electron chi connectivity index (χ3n) is 2.29. The molecule has 7 heteroatoms. The topological polar surface area (TPSA) is 84.7 Å². The number of carbonyl (C=O) groups is 1. The molecule has 0 bridgehead atoms. The summed E-state index contributed by atoms with van der Waals surface area (Å²) in [5, 5.41) is 16.4. The molecule has 1 amide bonds. The van der Waals surface area contributed by atoms with Gasteiger partial charge in [0.25, 0.3) is 0 Å². The predicted molar refractivity (Wildman–Crippen MR) is 65.7 cm³/mol. The Bertz CT molecular complexity index is 510. The largest absolute Gasteiger partial charge is 0.324 e. The molecule has 18 heavy (non-hydrogen) atoms. The van der Waals surface area contributed by atoms with Crippen molar-refractivity contribution in [1.82, 2.24) is 25.5 Å². The molecule has 0 radical (unpaired) electrons. The number of amides is 1. The van der Waals surface area contributed by atoms with E-state index in [1.807, 2.05) is 31.3 Å². The van der Waals surface area contributed by atoms with Gasteiger partial charge in [-0.15, -0.1) is 5.10 Å². The van der Waals surface area contributed by atoms with Crippen molar-refractivity contribution in [1.29, 1.82) is 0 Å². The van der Waals surface area contributed by atoms with Gasteiger partial charge in [0, 0.05) is 12.2 Å². The minimum atomic E-state index is -0.163. The van der Waals surface area contributed by atoms with Crippen LogP contribution in [0.3, 0.4) is 0 Å². The Labute approximate surface area is 104 Å². The lowest BCUT2D eigenvalue weighted by atomic mass is 10.2. The number of nitrogens with one attached hydrogen (secondary N) is 2. The summed E-state index contributed by atoms with van der Waals surface area (Å²) in [5.74, 6) is -0.163. The number of nitrogens with zero attached hydrogens (tertiary/aromatic N) is 4. The highest BCUT2D eigenvalue weighted by Gasteiger charge is 2.04. The smallest absolute Gasteiger partial charge is 0.246 e. The highest BCUT2D eigenvalue weighted by molar-refractivity contribution is 5.90. The number of aromatic nitrogens is 4. The van der Waals surface area contributed by atoms with E-state index in [-0.39, 0.29) is 12.5 Å². The van der Waals surface area contributed by atoms with Gasteiger partial charge in [0.2, 0.25) is 5.91 Å². The van der Waals surface area contributed by atoms with Crippen LogP contribution in [0.4, 0.5) is 5.69 Å². The summed E-state index contributed by atoms with van der Waals surface area (Å²) >= 11 is 0. The van der Waals surface area contributed by atoms with Crippen molar-refractivity contribution >= 4 is 11.6 Å². The Morgan fingerprint density at radius 1 is 1.44 bits per heavy atom. The molecule has 1 heterocycles. The van der Waals surface area contributed by atoms with Crippen LogP contribution < -0.4 is 10.6 Å². The molecule has 1 aromatic carbocycles. The van der Waals surface area contributed by atoms with Gasteiger partial charge < -0.3 is 10.6 Å². The van der Waals surface area contributed by atoms with E-state index in [0.717, 1.165) is 17.8 Å². The molecule has 0 spiro atoms. The molecule has 0 atom stereocenters. The van der Waals surface area contributed by atoms with Crippen LogP contribution in [-0.2, 0) is 17.9 Å². The molecule has 2 N–H and O–H groups in total. The van der Waals surface area contributed by atoms with Crippen molar-refractivity contribution in [3.8, 4) is 0 Å². The second-order valence-electron chi connectivity index (χ2n) is 3.79. The van der Waals surface area contributed by atoms with Crippen molar-refractivity contribution in [3.63, 3.8) is 0 Å². The first-order valence-electron chi connectivity index (χ1n) is 5.52. The van der Waals surface area contributed by atoms with Gasteiger partial charge in [-0.1, -0.05) is 12.1 Å². The lowest BCUT2D eigenvalue weighted by molar-refractivity contribution is -0.116. The second kappa shape index (κ2) is 5.87. The third-order valence-corrected chi connectivity index (χ3v) is 2.29. The first-order chi connectivity index (χ1) is 8.78. The standard InChI is InChI=1S/C11H14N6O/c1-12-6-9-3-2-4-10(5-9)14-11(18)7-17-8-13-15-16-17/h2-5,8,12H,6-7H2,1H3,(H,14,18). The summed E-state index contributed by atoms with van der Waals surface area (Å²) in [7, 11) is 1.88. The lowest BCUT2D eigenvalue weighted by Crippen LogP contribution is -2.19. The molecule has 0 saturated heterocycles. The van der Waals surface area contributed by atoms with E-state index in [4.69, 9.17) is 0 Å². The molecule has 2 aromatic rings. The van der Waals surface area contributed by atoms with E-state index in [2.05, 4.69) is 26.2 Å². The Morgan fingerprint density at radius 2 is 2.33 bits per heavy atom. The Morgan fingerprint density at radius 3 is 3.06 bits per heavy atom. The van der Waals surface area contributed by atoms with E-state index in [0.29, 0.717) is 0 Å². The van der Waals surface area contributed by atoms with Crippen molar-refractivity contribution in [2.24, 2.45) is 0 Å². The monoisotopic (exact) mass is 246 g/mol. The number of hydrogen-bond donors (Lipinski definition) is 2. The normalized spacial score (nSPS) is 10.3. The molecule has 94 valence electrons. The van der Waals surface area contributed by atoms with Crippen LogP contribution in [0.15, 0.2) is 30.6 Å². The minimum Gasteiger partial charge on any atom is -0.324 e. The fourth-order valence-corrected chi connectivity index (χ4v) is 1.56. The van der Waals surface area contributed by atoms with Gasteiger partial charge in [0.05, 0.1) is 0 Å². The quantitative estimate of drug-likeness (QED) is 0.777. The van der Waals surface area contributed by atoms with Crippen molar-refractivity contribution in [3.05, 3.63) is 36.2 Å². The van der Waals surface area contributed by atoms with Gasteiger partial charge in [0.15, 0.2) is 0 Å². The van der Waals surface area contributed by atoms with Crippen molar-refractivity contribution < 1.29 is 4.79 Å². The van der Waals surface area contributed by atoms with Crippen molar-refractivity contribution in [2.75, 3.05) is 12.4 Å². The third kappa shape index (κ3) is 3.36. The van der Waals surface area contributed by atoms with Gasteiger partial charge in [-0.3, -0.25) is 4.79 Å². The highest BCUT2D eigenvalue weighted by Crippen LogP contribution is 2.10. The zero-order valence-electron chi connectivity index (χ0n) is 10.00. The summed E-state index contributed by atoms with van der Waals surface area (Å²) in [5.41, 5.74) is 1.87. The fourth-order valence-electron chi connectivity index (χ4n) is 1.56. The Balaban J connectivity index is 1.96. The maximum Gasteiger partial charge on any atom is 0.246 e. The number of carbonyl (C=O) groups excluding carboxylic acids is 1. The maximum absolute atomic E-state index is 11.7. The van der Waals surface area contributed by atoms with Crippen LogP contribution in [0.2, 0.25) is 0 Å². The number of anilines is 1. The Hall–Kier alpha value is -2.28. The van der Waals surface area contributed by atoms with Crippen LogP contribution >= 0.6 is 0 Å². The number of benzene rings is 1.